The average Bonchev–Trinajstić information content (AvgIpc) is 2.24. The van der Waals surface area contributed by atoms with Gasteiger partial charge in [-0.25, -0.2) is 0 Å². The molecule has 2 N–H and O–H groups in total. The van der Waals surface area contributed by atoms with Crippen LogP contribution in [0.1, 0.15) is 25.8 Å². The molecule has 3 nitrogen and oxygen atoms in total. The summed E-state index contributed by atoms with van der Waals surface area (Å²) in [6.07, 6.45) is 0.753. The van der Waals surface area contributed by atoms with Crippen LogP contribution in [-0.4, -0.2) is 24.4 Å². The van der Waals surface area contributed by atoms with Crippen molar-refractivity contribution >= 4 is 0 Å². The third-order valence-electron chi connectivity index (χ3n) is 2.40. The predicted molar refractivity (Wildman–Crippen MR) is 65.6 cm³/mol. The van der Waals surface area contributed by atoms with E-state index in [9.17, 15) is 5.11 Å². The van der Waals surface area contributed by atoms with Crippen LogP contribution in [0.2, 0.25) is 0 Å². The van der Waals surface area contributed by atoms with Crippen molar-refractivity contribution in [2.75, 3.05) is 13.7 Å². The Morgan fingerprint density at radius 1 is 1.25 bits per heavy atom. The molecule has 0 bridgehead atoms. The Kier molecular flexibility index (Phi) is 4.77. The summed E-state index contributed by atoms with van der Waals surface area (Å²) in [7, 11) is 1.66. The second-order valence-electron chi connectivity index (χ2n) is 4.59. The standard InChI is InChI=1S/C13H21NO2/c1-13(2,15)8-9-14-10-11-4-6-12(16-3)7-5-11/h4-7,14-15H,8-10H2,1-3H3. The second kappa shape index (κ2) is 5.87. The zero-order valence-electron chi connectivity index (χ0n) is 10.3. The van der Waals surface area contributed by atoms with Gasteiger partial charge in [0.05, 0.1) is 12.7 Å². The fourth-order valence-corrected chi connectivity index (χ4v) is 1.37. The van der Waals surface area contributed by atoms with Gasteiger partial charge in [-0.3, -0.25) is 0 Å². The largest absolute Gasteiger partial charge is 0.497 e. The molecule has 1 rings (SSSR count). The van der Waals surface area contributed by atoms with Crippen molar-refractivity contribution in [3.8, 4) is 5.75 Å². The number of methoxy groups -OCH3 is 1. The third kappa shape index (κ3) is 5.14. The molecule has 0 aliphatic rings. The highest BCUT2D eigenvalue weighted by molar-refractivity contribution is 5.26. The summed E-state index contributed by atoms with van der Waals surface area (Å²) in [4.78, 5) is 0. The van der Waals surface area contributed by atoms with E-state index in [0.717, 1.165) is 25.3 Å². The Morgan fingerprint density at radius 2 is 1.88 bits per heavy atom. The number of hydrogen-bond donors (Lipinski definition) is 2. The maximum atomic E-state index is 9.53. The zero-order valence-corrected chi connectivity index (χ0v) is 10.3. The predicted octanol–water partition coefficient (Wildman–Crippen LogP) is 1.95. The molecule has 1 aromatic carbocycles. The van der Waals surface area contributed by atoms with Gasteiger partial charge in [-0.1, -0.05) is 12.1 Å². The van der Waals surface area contributed by atoms with Gasteiger partial charge in [0.25, 0.3) is 0 Å². The van der Waals surface area contributed by atoms with Gasteiger partial charge in [-0.2, -0.15) is 0 Å². The summed E-state index contributed by atoms with van der Waals surface area (Å²) in [5.41, 5.74) is 0.629. The molecule has 0 atom stereocenters. The number of nitrogens with one attached hydrogen (secondary N) is 1. The minimum atomic E-state index is -0.590. The molecule has 90 valence electrons. The first kappa shape index (κ1) is 13.0. The fourth-order valence-electron chi connectivity index (χ4n) is 1.37. The van der Waals surface area contributed by atoms with Crippen LogP contribution in [0.3, 0.4) is 0 Å². The molecule has 0 saturated carbocycles. The molecular formula is C13H21NO2. The van der Waals surface area contributed by atoms with Gasteiger partial charge in [-0.05, 0) is 44.5 Å². The van der Waals surface area contributed by atoms with Gasteiger partial charge in [0.15, 0.2) is 0 Å². The van der Waals surface area contributed by atoms with Crippen molar-refractivity contribution in [3.63, 3.8) is 0 Å². The van der Waals surface area contributed by atoms with Crippen LogP contribution < -0.4 is 10.1 Å². The number of hydrogen-bond acceptors (Lipinski definition) is 3. The number of rotatable bonds is 6. The average molecular weight is 223 g/mol. The van der Waals surface area contributed by atoms with Crippen LogP contribution in [0.5, 0.6) is 5.75 Å². The minimum Gasteiger partial charge on any atom is -0.497 e. The maximum absolute atomic E-state index is 9.53. The smallest absolute Gasteiger partial charge is 0.118 e. The third-order valence-corrected chi connectivity index (χ3v) is 2.40. The minimum absolute atomic E-state index is 0.590. The van der Waals surface area contributed by atoms with E-state index in [0.29, 0.717) is 0 Å². The van der Waals surface area contributed by atoms with Crippen LogP contribution in [0.25, 0.3) is 0 Å². The summed E-state index contributed by atoms with van der Waals surface area (Å²) in [5.74, 6) is 0.875. The van der Waals surface area contributed by atoms with Crippen molar-refractivity contribution in [1.82, 2.24) is 5.32 Å². The van der Waals surface area contributed by atoms with Gasteiger partial charge >= 0.3 is 0 Å². The van der Waals surface area contributed by atoms with E-state index < -0.39 is 5.60 Å². The van der Waals surface area contributed by atoms with Crippen molar-refractivity contribution < 1.29 is 9.84 Å². The van der Waals surface area contributed by atoms with Crippen molar-refractivity contribution in [2.45, 2.75) is 32.4 Å². The Morgan fingerprint density at radius 3 is 2.38 bits per heavy atom. The van der Waals surface area contributed by atoms with Crippen molar-refractivity contribution in [3.05, 3.63) is 29.8 Å². The van der Waals surface area contributed by atoms with Crippen LogP contribution in [0, 0.1) is 0 Å². The highest BCUT2D eigenvalue weighted by atomic mass is 16.5. The van der Waals surface area contributed by atoms with Crippen molar-refractivity contribution in [2.24, 2.45) is 0 Å². The van der Waals surface area contributed by atoms with E-state index in [2.05, 4.69) is 5.32 Å². The second-order valence-corrected chi connectivity index (χ2v) is 4.59. The van der Waals surface area contributed by atoms with Gasteiger partial charge in [-0.15, -0.1) is 0 Å². The van der Waals surface area contributed by atoms with E-state index in [1.165, 1.54) is 5.56 Å². The van der Waals surface area contributed by atoms with E-state index in [1.54, 1.807) is 7.11 Å². The number of ether oxygens (including phenoxy) is 1. The summed E-state index contributed by atoms with van der Waals surface area (Å²) >= 11 is 0. The van der Waals surface area contributed by atoms with E-state index in [1.807, 2.05) is 38.1 Å². The molecule has 16 heavy (non-hydrogen) atoms. The first-order valence-electron chi connectivity index (χ1n) is 5.57. The summed E-state index contributed by atoms with van der Waals surface area (Å²) < 4.78 is 5.09. The van der Waals surface area contributed by atoms with Crippen molar-refractivity contribution in [1.29, 1.82) is 0 Å². The zero-order chi connectivity index (χ0) is 12.0. The lowest BCUT2D eigenvalue weighted by molar-refractivity contribution is 0.0711. The van der Waals surface area contributed by atoms with Gasteiger partial charge < -0.3 is 15.2 Å². The first-order chi connectivity index (χ1) is 7.51. The molecule has 3 heteroatoms. The van der Waals surface area contributed by atoms with E-state index >= 15 is 0 Å². The Labute approximate surface area is 97.4 Å². The fraction of sp³-hybridized carbons (Fsp3) is 0.538. The molecule has 0 aliphatic heterocycles. The molecular weight excluding hydrogens is 202 g/mol. The quantitative estimate of drug-likeness (QED) is 0.724. The summed E-state index contributed by atoms with van der Waals surface area (Å²) in [6, 6.07) is 7.98. The lowest BCUT2D eigenvalue weighted by atomic mass is 10.1. The van der Waals surface area contributed by atoms with Crippen LogP contribution in [-0.2, 0) is 6.54 Å². The van der Waals surface area contributed by atoms with Gasteiger partial charge in [0, 0.05) is 6.54 Å². The number of aliphatic hydroxyl groups is 1. The topological polar surface area (TPSA) is 41.5 Å². The monoisotopic (exact) mass is 223 g/mol. The molecule has 1 aromatic rings. The molecule has 0 aliphatic carbocycles. The molecule has 0 saturated heterocycles. The Balaban J connectivity index is 2.27. The normalized spacial score (nSPS) is 11.5. The van der Waals surface area contributed by atoms with E-state index in [-0.39, 0.29) is 0 Å². The molecule has 0 unspecified atom stereocenters. The SMILES string of the molecule is COc1ccc(CNCCC(C)(C)O)cc1. The lowest BCUT2D eigenvalue weighted by Gasteiger charge is -2.17. The maximum Gasteiger partial charge on any atom is 0.118 e. The van der Waals surface area contributed by atoms with Gasteiger partial charge in [0.1, 0.15) is 5.75 Å². The van der Waals surface area contributed by atoms with E-state index in [4.69, 9.17) is 4.74 Å². The molecule has 0 heterocycles. The summed E-state index contributed by atoms with van der Waals surface area (Å²) in [5, 5.41) is 12.8. The van der Waals surface area contributed by atoms with Gasteiger partial charge in [0.2, 0.25) is 0 Å². The first-order valence-corrected chi connectivity index (χ1v) is 5.57. The highest BCUT2D eigenvalue weighted by Gasteiger charge is 2.10. The van der Waals surface area contributed by atoms with Crippen LogP contribution in [0.4, 0.5) is 0 Å². The molecule has 0 amide bonds. The summed E-state index contributed by atoms with van der Waals surface area (Å²) in [6.45, 7) is 5.28. The molecule has 0 aromatic heterocycles. The molecule has 0 spiro atoms. The Bertz CT molecular complexity index is 301. The highest BCUT2D eigenvalue weighted by Crippen LogP contribution is 2.11. The molecule has 0 radical (unpaired) electrons. The van der Waals surface area contributed by atoms with Crippen LogP contribution >= 0.6 is 0 Å². The number of benzene rings is 1. The Hall–Kier alpha value is -1.06. The lowest BCUT2D eigenvalue weighted by Crippen LogP contribution is -2.26. The molecule has 0 fully saturated rings. The van der Waals surface area contributed by atoms with Crippen LogP contribution in [0.15, 0.2) is 24.3 Å².